The molecule has 2 saturated carbocycles. The summed E-state index contributed by atoms with van der Waals surface area (Å²) in [6.45, 7) is 3.79. The summed E-state index contributed by atoms with van der Waals surface area (Å²) in [6.07, 6.45) is 10.4. The van der Waals surface area contributed by atoms with E-state index in [0.29, 0.717) is 24.7 Å². The van der Waals surface area contributed by atoms with Gasteiger partial charge in [0, 0.05) is 18.8 Å². The highest BCUT2D eigenvalue weighted by Crippen LogP contribution is 2.50. The lowest BCUT2D eigenvalue weighted by molar-refractivity contribution is -0.137. The zero-order chi connectivity index (χ0) is 19.1. The quantitative estimate of drug-likeness (QED) is 0.351. The fourth-order valence-corrected chi connectivity index (χ4v) is 4.31. The van der Waals surface area contributed by atoms with E-state index in [9.17, 15) is 15.0 Å². The van der Waals surface area contributed by atoms with Crippen molar-refractivity contribution in [1.29, 1.82) is 0 Å². The molecule has 26 heavy (non-hydrogen) atoms. The number of fused-ring (bicyclic) bond motifs is 1. The monoisotopic (exact) mass is 360 g/mol. The first-order valence-corrected chi connectivity index (χ1v) is 9.76. The third-order valence-electron chi connectivity index (χ3n) is 5.85. The van der Waals surface area contributed by atoms with Gasteiger partial charge in [-0.2, -0.15) is 0 Å². The van der Waals surface area contributed by atoms with Gasteiger partial charge >= 0.3 is 5.97 Å². The molecule has 2 unspecified atom stereocenters. The Morgan fingerprint density at radius 3 is 2.85 bits per heavy atom. The van der Waals surface area contributed by atoms with Gasteiger partial charge in [-0.15, -0.1) is 11.8 Å². The summed E-state index contributed by atoms with van der Waals surface area (Å²) < 4.78 is 0. The number of rotatable bonds is 8. The fourth-order valence-electron chi connectivity index (χ4n) is 4.31. The van der Waals surface area contributed by atoms with Gasteiger partial charge in [-0.3, -0.25) is 4.79 Å². The lowest BCUT2D eigenvalue weighted by atomic mass is 9.89. The van der Waals surface area contributed by atoms with Crippen molar-refractivity contribution < 1.29 is 20.1 Å². The van der Waals surface area contributed by atoms with Gasteiger partial charge in [-0.25, -0.2) is 0 Å². The number of carboxylic acid groups (broad SMARTS) is 1. The number of allylic oxidation sites excluding steroid dienone is 2. The number of carbonyl (C=O) groups is 1. The van der Waals surface area contributed by atoms with E-state index in [0.717, 1.165) is 25.7 Å². The predicted molar refractivity (Wildman–Crippen MR) is 102 cm³/mol. The number of carboxylic acids is 1. The van der Waals surface area contributed by atoms with Crippen LogP contribution in [0.5, 0.6) is 0 Å². The Hall–Kier alpha value is -1.57. The zero-order valence-electron chi connectivity index (χ0n) is 15.9. The van der Waals surface area contributed by atoms with Crippen molar-refractivity contribution in [2.24, 2.45) is 23.7 Å². The van der Waals surface area contributed by atoms with E-state index < -0.39 is 12.1 Å². The first-order valence-electron chi connectivity index (χ1n) is 9.76. The normalized spacial score (nSPS) is 31.6. The van der Waals surface area contributed by atoms with Crippen molar-refractivity contribution in [3.8, 4) is 11.8 Å². The molecule has 0 saturated heterocycles. The molecule has 0 spiro atoms. The van der Waals surface area contributed by atoms with Gasteiger partial charge in [0.25, 0.3) is 0 Å². The van der Waals surface area contributed by atoms with Crippen LogP contribution in [0.15, 0.2) is 23.8 Å². The fraction of sp³-hybridized carbons (Fsp3) is 0.682. The van der Waals surface area contributed by atoms with Crippen LogP contribution in [0.1, 0.15) is 58.8 Å². The van der Waals surface area contributed by atoms with Gasteiger partial charge in [0.15, 0.2) is 0 Å². The Kier molecular flexibility index (Phi) is 7.93. The predicted octanol–water partition coefficient (Wildman–Crippen LogP) is 3.54. The van der Waals surface area contributed by atoms with Crippen LogP contribution in [0.25, 0.3) is 0 Å². The molecule has 0 radical (unpaired) electrons. The van der Waals surface area contributed by atoms with Gasteiger partial charge in [-0.1, -0.05) is 30.7 Å². The molecule has 3 N–H and O–H groups in total. The summed E-state index contributed by atoms with van der Waals surface area (Å²) in [4.78, 5) is 10.6. The molecule has 2 aliphatic carbocycles. The van der Waals surface area contributed by atoms with Crippen LogP contribution in [0, 0.1) is 35.5 Å². The number of aliphatic hydroxyl groups excluding tert-OH is 2. The maximum absolute atomic E-state index is 10.6. The molecule has 0 aliphatic heterocycles. The van der Waals surface area contributed by atoms with Crippen molar-refractivity contribution in [2.45, 2.75) is 71.0 Å². The molecular formula is C22H32O4. The van der Waals surface area contributed by atoms with E-state index in [4.69, 9.17) is 5.11 Å². The van der Waals surface area contributed by atoms with Crippen molar-refractivity contribution in [3.63, 3.8) is 0 Å². The van der Waals surface area contributed by atoms with Crippen molar-refractivity contribution in [2.75, 3.05) is 0 Å². The summed E-state index contributed by atoms with van der Waals surface area (Å²) in [5.74, 6) is 6.25. The molecule has 2 rings (SSSR count). The minimum Gasteiger partial charge on any atom is -0.481 e. The zero-order valence-corrected chi connectivity index (χ0v) is 15.9. The molecule has 4 nitrogen and oxygen atoms in total. The smallest absolute Gasteiger partial charge is 0.303 e. The van der Waals surface area contributed by atoms with Crippen LogP contribution >= 0.6 is 0 Å². The average molecular weight is 360 g/mol. The van der Waals surface area contributed by atoms with Gasteiger partial charge in [-0.05, 0) is 56.8 Å². The molecular weight excluding hydrogens is 328 g/mol. The third-order valence-corrected chi connectivity index (χ3v) is 5.85. The number of aliphatic hydroxyl groups is 2. The number of hydrogen-bond donors (Lipinski definition) is 3. The van der Waals surface area contributed by atoms with Crippen LogP contribution in [-0.2, 0) is 4.79 Å². The first-order chi connectivity index (χ1) is 12.4. The van der Waals surface area contributed by atoms with Crippen molar-refractivity contribution in [1.82, 2.24) is 0 Å². The van der Waals surface area contributed by atoms with E-state index in [1.165, 1.54) is 5.57 Å². The lowest BCUT2D eigenvalue weighted by Gasteiger charge is -2.19. The summed E-state index contributed by atoms with van der Waals surface area (Å²) in [5, 5.41) is 29.4. The van der Waals surface area contributed by atoms with E-state index in [-0.39, 0.29) is 24.4 Å². The van der Waals surface area contributed by atoms with Crippen LogP contribution in [0.3, 0.4) is 0 Å². The number of aliphatic carboxylic acids is 1. The standard InChI is InChI=1S/C22H32O4/c1-3-4-7-15(2)20(23)11-10-18-19-13-16(8-5-6-9-22(25)26)12-17(19)14-21(18)24/h8,10-11,15,17-21,23-24H,5-7,9,12-14H2,1-2H3,(H,25,26)/b11-10+,16-8+/t15?,17-,18?,19+,20+,21+/m0/s1. The highest BCUT2D eigenvalue weighted by atomic mass is 16.4. The Morgan fingerprint density at radius 2 is 2.15 bits per heavy atom. The Morgan fingerprint density at radius 1 is 1.38 bits per heavy atom. The maximum atomic E-state index is 10.6. The molecule has 0 aromatic carbocycles. The van der Waals surface area contributed by atoms with Gasteiger partial charge < -0.3 is 15.3 Å². The minimum absolute atomic E-state index is 0.0845. The maximum Gasteiger partial charge on any atom is 0.303 e. The van der Waals surface area contributed by atoms with E-state index in [2.05, 4.69) is 17.9 Å². The Labute approximate surface area is 157 Å². The third kappa shape index (κ3) is 5.72. The highest BCUT2D eigenvalue weighted by Gasteiger charge is 2.44. The molecule has 144 valence electrons. The molecule has 0 amide bonds. The van der Waals surface area contributed by atoms with Gasteiger partial charge in [0.05, 0.1) is 12.2 Å². The summed E-state index contributed by atoms with van der Waals surface area (Å²) >= 11 is 0. The molecule has 0 aromatic heterocycles. The summed E-state index contributed by atoms with van der Waals surface area (Å²) in [6, 6.07) is 0. The molecule has 0 aromatic rings. The molecule has 2 fully saturated rings. The molecule has 0 heterocycles. The SMILES string of the molecule is CC#CCC(C)[C@H](O)/C=C/C1[C@H](O)C[C@@H]2C/C(=C\CCCC(=O)O)C[C@@H]12. The second kappa shape index (κ2) is 9.94. The second-order valence-electron chi connectivity index (χ2n) is 7.84. The van der Waals surface area contributed by atoms with Crippen molar-refractivity contribution in [3.05, 3.63) is 23.8 Å². The second-order valence-corrected chi connectivity index (χ2v) is 7.84. The molecule has 0 bridgehead atoms. The average Bonchev–Trinajstić information content (AvgIpc) is 3.10. The summed E-state index contributed by atoms with van der Waals surface area (Å²) in [7, 11) is 0. The minimum atomic E-state index is -0.738. The Bertz CT molecular complexity index is 595. The summed E-state index contributed by atoms with van der Waals surface area (Å²) in [5.41, 5.74) is 1.41. The van der Waals surface area contributed by atoms with Gasteiger partial charge in [0.1, 0.15) is 0 Å². The van der Waals surface area contributed by atoms with Gasteiger partial charge in [0.2, 0.25) is 0 Å². The topological polar surface area (TPSA) is 77.8 Å². The number of unbranched alkanes of at least 4 members (excludes halogenated alkanes) is 1. The van der Waals surface area contributed by atoms with Crippen LogP contribution in [0.4, 0.5) is 0 Å². The highest BCUT2D eigenvalue weighted by molar-refractivity contribution is 5.66. The van der Waals surface area contributed by atoms with E-state index in [1.807, 2.05) is 19.1 Å². The molecule has 4 heteroatoms. The lowest BCUT2D eigenvalue weighted by Crippen LogP contribution is -2.19. The molecule has 6 atom stereocenters. The largest absolute Gasteiger partial charge is 0.481 e. The number of hydrogen-bond acceptors (Lipinski definition) is 3. The van der Waals surface area contributed by atoms with Crippen LogP contribution < -0.4 is 0 Å². The van der Waals surface area contributed by atoms with E-state index in [1.54, 1.807) is 6.92 Å². The van der Waals surface area contributed by atoms with Crippen LogP contribution in [0.2, 0.25) is 0 Å². The first kappa shape index (κ1) is 20.7. The van der Waals surface area contributed by atoms with Crippen molar-refractivity contribution >= 4 is 5.97 Å². The van der Waals surface area contributed by atoms with E-state index >= 15 is 0 Å². The Balaban J connectivity index is 1.89. The molecule has 2 aliphatic rings. The van der Waals surface area contributed by atoms with Crippen LogP contribution in [-0.4, -0.2) is 33.5 Å².